The van der Waals surface area contributed by atoms with E-state index in [4.69, 9.17) is 23.2 Å². The third-order valence-corrected chi connectivity index (χ3v) is 5.28. The van der Waals surface area contributed by atoms with Crippen molar-refractivity contribution >= 4 is 33.2 Å². The molecule has 0 radical (unpaired) electrons. The van der Waals surface area contributed by atoms with E-state index in [9.17, 15) is 8.42 Å². The van der Waals surface area contributed by atoms with Gasteiger partial charge in [0.2, 0.25) is 15.3 Å². The number of rotatable bonds is 5. The molecule has 0 atom stereocenters. The van der Waals surface area contributed by atoms with Gasteiger partial charge in [0.25, 0.3) is 0 Å². The molecule has 22 heavy (non-hydrogen) atoms. The summed E-state index contributed by atoms with van der Waals surface area (Å²) >= 11 is 11.8. The van der Waals surface area contributed by atoms with Crippen molar-refractivity contribution in [3.05, 3.63) is 52.0 Å². The Bertz CT molecular complexity index is 807. The minimum absolute atomic E-state index is 0.0729. The van der Waals surface area contributed by atoms with Crippen molar-refractivity contribution in [2.45, 2.75) is 30.2 Å². The average Bonchev–Trinajstić information content (AvgIpc) is 3.26. The number of benzene rings is 1. The van der Waals surface area contributed by atoms with Crippen LogP contribution in [-0.4, -0.2) is 24.4 Å². The molecule has 3 rings (SSSR count). The molecular formula is C14H13Cl2N3O2S. The van der Waals surface area contributed by atoms with Crippen molar-refractivity contribution in [2.24, 2.45) is 0 Å². The molecule has 1 saturated carbocycles. The van der Waals surface area contributed by atoms with E-state index < -0.39 is 10.0 Å². The van der Waals surface area contributed by atoms with Gasteiger partial charge in [0, 0.05) is 12.5 Å². The first-order chi connectivity index (χ1) is 10.4. The molecule has 8 heteroatoms. The van der Waals surface area contributed by atoms with E-state index in [0.717, 1.165) is 18.4 Å². The second kappa shape index (κ2) is 6.12. The maximum atomic E-state index is 12.2. The average molecular weight is 358 g/mol. The normalized spacial score (nSPS) is 15.0. The number of nitrogens with one attached hydrogen (secondary N) is 1. The van der Waals surface area contributed by atoms with E-state index in [-0.39, 0.29) is 16.2 Å². The number of hydrogen-bond acceptors (Lipinski definition) is 4. The van der Waals surface area contributed by atoms with Gasteiger partial charge in [-0.15, -0.1) is 0 Å². The molecule has 0 spiro atoms. The van der Waals surface area contributed by atoms with E-state index in [1.54, 1.807) is 18.2 Å². The third-order valence-electron chi connectivity index (χ3n) is 3.27. The van der Waals surface area contributed by atoms with Gasteiger partial charge in [-0.2, -0.15) is 0 Å². The molecule has 2 aromatic rings. The third kappa shape index (κ3) is 3.76. The van der Waals surface area contributed by atoms with E-state index in [0.29, 0.717) is 17.1 Å². The molecule has 0 amide bonds. The summed E-state index contributed by atoms with van der Waals surface area (Å²) in [4.78, 5) is 8.11. The molecule has 1 aliphatic rings. The molecule has 1 heterocycles. The van der Waals surface area contributed by atoms with Crippen LogP contribution < -0.4 is 4.72 Å². The number of nitrogens with zero attached hydrogens (tertiary/aromatic N) is 2. The highest BCUT2D eigenvalue weighted by atomic mass is 35.5. The van der Waals surface area contributed by atoms with Gasteiger partial charge in [-0.25, -0.2) is 23.1 Å². The topological polar surface area (TPSA) is 72.0 Å². The molecule has 1 aromatic heterocycles. The smallest absolute Gasteiger partial charge is 0.225 e. The minimum Gasteiger partial charge on any atom is -0.225 e. The summed E-state index contributed by atoms with van der Waals surface area (Å²) in [6.07, 6.45) is 3.61. The fraction of sp³-hybridized carbons (Fsp3) is 0.286. The van der Waals surface area contributed by atoms with Crippen LogP contribution in [0.1, 0.15) is 24.1 Å². The van der Waals surface area contributed by atoms with Crippen LogP contribution in [0.4, 0.5) is 0 Å². The SMILES string of the molecule is O=S(=O)(NC1CC1)c1cccc(Cc2nc(Cl)ncc2Cl)c1. The Balaban J connectivity index is 1.86. The van der Waals surface area contributed by atoms with Gasteiger partial charge in [0.15, 0.2) is 0 Å². The fourth-order valence-electron chi connectivity index (χ4n) is 2.01. The standard InChI is InChI=1S/C14H13Cl2N3O2S/c15-12-8-17-14(16)18-13(12)7-9-2-1-3-11(6-9)22(20,21)19-10-4-5-10/h1-3,6,8,10,19H,4-5,7H2. The van der Waals surface area contributed by atoms with Crippen molar-refractivity contribution in [1.82, 2.24) is 14.7 Å². The summed E-state index contributed by atoms with van der Waals surface area (Å²) in [7, 11) is -3.47. The second-order valence-corrected chi connectivity index (χ2v) is 7.61. The van der Waals surface area contributed by atoms with E-state index in [1.807, 2.05) is 6.07 Å². The van der Waals surface area contributed by atoms with Crippen molar-refractivity contribution < 1.29 is 8.42 Å². The molecule has 0 unspecified atom stereocenters. The molecule has 0 bridgehead atoms. The van der Waals surface area contributed by atoms with Crippen LogP contribution in [0, 0.1) is 0 Å². The fourth-order valence-corrected chi connectivity index (χ4v) is 3.69. The van der Waals surface area contributed by atoms with Crippen molar-refractivity contribution in [1.29, 1.82) is 0 Å². The summed E-state index contributed by atoms with van der Waals surface area (Å²) in [6, 6.07) is 6.79. The quantitative estimate of drug-likeness (QED) is 0.835. The van der Waals surface area contributed by atoms with E-state index in [1.165, 1.54) is 6.20 Å². The van der Waals surface area contributed by atoms with Crippen LogP contribution in [-0.2, 0) is 16.4 Å². The Labute approximate surface area is 138 Å². The highest BCUT2D eigenvalue weighted by Gasteiger charge is 2.28. The van der Waals surface area contributed by atoms with Gasteiger partial charge in [0.1, 0.15) is 0 Å². The largest absolute Gasteiger partial charge is 0.240 e. The molecule has 116 valence electrons. The Hall–Kier alpha value is -1.21. The van der Waals surface area contributed by atoms with Gasteiger partial charge in [-0.05, 0) is 42.1 Å². The highest BCUT2D eigenvalue weighted by Crippen LogP contribution is 2.23. The molecule has 5 nitrogen and oxygen atoms in total. The van der Waals surface area contributed by atoms with Gasteiger partial charge in [0.05, 0.1) is 21.8 Å². The molecule has 1 fully saturated rings. The Morgan fingerprint density at radius 3 is 2.77 bits per heavy atom. The van der Waals surface area contributed by atoms with Crippen molar-refractivity contribution in [3.8, 4) is 0 Å². The maximum absolute atomic E-state index is 12.2. The highest BCUT2D eigenvalue weighted by molar-refractivity contribution is 7.89. The summed E-state index contributed by atoms with van der Waals surface area (Å²) in [5, 5.41) is 0.507. The number of halogens is 2. The molecule has 0 saturated heterocycles. The molecule has 0 aliphatic heterocycles. The predicted molar refractivity (Wildman–Crippen MR) is 84.6 cm³/mol. The van der Waals surface area contributed by atoms with Crippen LogP contribution >= 0.6 is 23.2 Å². The van der Waals surface area contributed by atoms with Gasteiger partial charge < -0.3 is 0 Å². The first-order valence-electron chi connectivity index (χ1n) is 6.72. The lowest BCUT2D eigenvalue weighted by Gasteiger charge is -2.08. The number of aromatic nitrogens is 2. The lowest BCUT2D eigenvalue weighted by atomic mass is 10.1. The van der Waals surface area contributed by atoms with Crippen LogP contribution in [0.15, 0.2) is 35.4 Å². The van der Waals surface area contributed by atoms with Gasteiger partial charge in [-0.3, -0.25) is 0 Å². The predicted octanol–water partition coefficient (Wildman–Crippen LogP) is 2.81. The minimum atomic E-state index is -3.47. The van der Waals surface area contributed by atoms with Crippen molar-refractivity contribution in [3.63, 3.8) is 0 Å². The summed E-state index contributed by atoms with van der Waals surface area (Å²) < 4.78 is 27.1. The Morgan fingerprint density at radius 1 is 1.27 bits per heavy atom. The summed E-state index contributed by atoms with van der Waals surface area (Å²) in [5.74, 6) is 0. The monoisotopic (exact) mass is 357 g/mol. The Morgan fingerprint density at radius 2 is 2.05 bits per heavy atom. The molecule has 1 aliphatic carbocycles. The van der Waals surface area contributed by atoms with Crippen LogP contribution in [0.25, 0.3) is 0 Å². The van der Waals surface area contributed by atoms with E-state index >= 15 is 0 Å². The maximum Gasteiger partial charge on any atom is 0.240 e. The second-order valence-electron chi connectivity index (χ2n) is 5.15. The van der Waals surface area contributed by atoms with Gasteiger partial charge in [-0.1, -0.05) is 23.7 Å². The van der Waals surface area contributed by atoms with Crippen LogP contribution in [0.5, 0.6) is 0 Å². The molecule has 1 N–H and O–H groups in total. The first kappa shape index (κ1) is 15.7. The lowest BCUT2D eigenvalue weighted by Crippen LogP contribution is -2.25. The summed E-state index contributed by atoms with van der Waals surface area (Å²) in [6.45, 7) is 0. The molecular weight excluding hydrogens is 345 g/mol. The zero-order valence-electron chi connectivity index (χ0n) is 11.5. The number of sulfonamides is 1. The Kier molecular flexibility index (Phi) is 4.36. The van der Waals surface area contributed by atoms with E-state index in [2.05, 4.69) is 14.7 Å². The van der Waals surface area contributed by atoms with Crippen LogP contribution in [0.2, 0.25) is 10.3 Å². The first-order valence-corrected chi connectivity index (χ1v) is 8.96. The molecule has 1 aromatic carbocycles. The zero-order valence-corrected chi connectivity index (χ0v) is 13.8. The number of hydrogen-bond donors (Lipinski definition) is 1. The van der Waals surface area contributed by atoms with Crippen molar-refractivity contribution in [2.75, 3.05) is 0 Å². The van der Waals surface area contributed by atoms with Gasteiger partial charge >= 0.3 is 0 Å². The summed E-state index contributed by atoms with van der Waals surface area (Å²) in [5.41, 5.74) is 1.35. The zero-order chi connectivity index (χ0) is 15.7. The lowest BCUT2D eigenvalue weighted by molar-refractivity contribution is 0.581. The van der Waals surface area contributed by atoms with Crippen LogP contribution in [0.3, 0.4) is 0 Å².